The monoisotopic (exact) mass is 518 g/mol. The number of hydrogen-bond acceptors (Lipinski definition) is 5. The highest BCUT2D eigenvalue weighted by Crippen LogP contribution is 2.39. The van der Waals surface area contributed by atoms with Crippen molar-refractivity contribution in [3.05, 3.63) is 78.6 Å². The van der Waals surface area contributed by atoms with Crippen LogP contribution >= 0.6 is 0 Å². The zero-order valence-electron chi connectivity index (χ0n) is 21.8. The van der Waals surface area contributed by atoms with Crippen molar-refractivity contribution in [2.75, 3.05) is 35.3 Å². The number of para-hydroxylation sites is 3. The van der Waals surface area contributed by atoms with Gasteiger partial charge in [0.2, 0.25) is 0 Å². The van der Waals surface area contributed by atoms with Crippen LogP contribution in [0.3, 0.4) is 0 Å². The predicted molar refractivity (Wildman–Crippen MR) is 146 cm³/mol. The van der Waals surface area contributed by atoms with Crippen LogP contribution in [0.15, 0.2) is 72.8 Å². The van der Waals surface area contributed by atoms with E-state index < -0.39 is 29.8 Å². The van der Waals surface area contributed by atoms with Gasteiger partial charge >= 0.3 is 6.09 Å². The van der Waals surface area contributed by atoms with Gasteiger partial charge in [-0.25, -0.2) is 9.18 Å². The first-order chi connectivity index (χ1) is 18.2. The second kappa shape index (κ2) is 11.3. The van der Waals surface area contributed by atoms with E-state index in [9.17, 15) is 18.8 Å². The number of amides is 3. The Labute approximate surface area is 221 Å². The van der Waals surface area contributed by atoms with Crippen molar-refractivity contribution >= 4 is 40.7 Å². The van der Waals surface area contributed by atoms with E-state index >= 15 is 0 Å². The van der Waals surface area contributed by atoms with Gasteiger partial charge in [0.1, 0.15) is 11.6 Å². The Morgan fingerprint density at radius 2 is 1.61 bits per heavy atom. The minimum atomic E-state index is -1.64. The van der Waals surface area contributed by atoms with Crippen LogP contribution in [0.1, 0.15) is 20.3 Å². The third-order valence-electron chi connectivity index (χ3n) is 6.22. The molecule has 0 radical (unpaired) electrons. The first-order valence-corrected chi connectivity index (χ1v) is 12.4. The second-order valence-corrected chi connectivity index (χ2v) is 9.64. The van der Waals surface area contributed by atoms with Crippen molar-refractivity contribution in [2.45, 2.75) is 26.3 Å². The topological polar surface area (TPSA) is 82.2 Å². The summed E-state index contributed by atoms with van der Waals surface area (Å²) >= 11 is 0. The fraction of sp³-hybridized carbons (Fsp3) is 0.276. The molecule has 4 rings (SSSR count). The largest absolute Gasteiger partial charge is 0.413 e. The molecule has 0 saturated carbocycles. The number of benzene rings is 3. The molecule has 3 amide bonds. The molecule has 0 aromatic heterocycles. The Balaban J connectivity index is 1.74. The van der Waals surface area contributed by atoms with E-state index in [2.05, 4.69) is 5.32 Å². The lowest BCUT2D eigenvalue weighted by atomic mass is 10.1. The molecule has 0 aliphatic carbocycles. The number of carbonyl (C=O) groups excluding carboxylic acids is 3. The number of ether oxygens (including phenoxy) is 1. The summed E-state index contributed by atoms with van der Waals surface area (Å²) in [5.74, 6) is -1.54. The molecule has 1 atom stereocenters. The smallest absolute Gasteiger partial charge is 0.410 e. The zero-order chi connectivity index (χ0) is 27.4. The van der Waals surface area contributed by atoms with Crippen LogP contribution in [0.4, 0.5) is 31.9 Å². The van der Waals surface area contributed by atoms with E-state index in [1.807, 2.05) is 38.9 Å². The van der Waals surface area contributed by atoms with Gasteiger partial charge in [0.05, 0.1) is 17.1 Å². The lowest BCUT2D eigenvalue weighted by Gasteiger charge is -2.26. The summed E-state index contributed by atoms with van der Waals surface area (Å²) in [6, 6.07) is 17.8. The van der Waals surface area contributed by atoms with Crippen LogP contribution in [-0.2, 0) is 9.59 Å². The van der Waals surface area contributed by atoms with E-state index in [0.29, 0.717) is 24.3 Å². The van der Waals surface area contributed by atoms with Gasteiger partial charge in [0.25, 0.3) is 11.8 Å². The molecule has 1 N–H and O–H groups in total. The van der Waals surface area contributed by atoms with Gasteiger partial charge in [0.15, 0.2) is 6.04 Å². The van der Waals surface area contributed by atoms with E-state index in [4.69, 9.17) is 4.74 Å². The van der Waals surface area contributed by atoms with Gasteiger partial charge < -0.3 is 19.9 Å². The van der Waals surface area contributed by atoms with Crippen molar-refractivity contribution in [3.63, 3.8) is 0 Å². The maximum atomic E-state index is 15.0. The van der Waals surface area contributed by atoms with Gasteiger partial charge in [-0.3, -0.25) is 14.5 Å². The van der Waals surface area contributed by atoms with Crippen molar-refractivity contribution in [3.8, 4) is 5.75 Å². The average molecular weight is 519 g/mol. The highest BCUT2D eigenvalue weighted by molar-refractivity contribution is 6.23. The lowest BCUT2D eigenvalue weighted by Crippen LogP contribution is -2.55. The van der Waals surface area contributed by atoms with E-state index in [0.717, 1.165) is 10.6 Å². The molecule has 9 heteroatoms. The zero-order valence-corrected chi connectivity index (χ0v) is 21.8. The number of anilines is 4. The van der Waals surface area contributed by atoms with Crippen LogP contribution in [0.5, 0.6) is 5.75 Å². The van der Waals surface area contributed by atoms with Gasteiger partial charge in [-0.2, -0.15) is 0 Å². The number of carbonyl (C=O) groups is 3. The Morgan fingerprint density at radius 3 is 2.26 bits per heavy atom. The fourth-order valence-electron chi connectivity index (χ4n) is 4.21. The summed E-state index contributed by atoms with van der Waals surface area (Å²) < 4.78 is 20.4. The highest BCUT2D eigenvalue weighted by atomic mass is 19.1. The molecule has 0 spiro atoms. The molecule has 0 saturated heterocycles. The summed E-state index contributed by atoms with van der Waals surface area (Å²) in [6.45, 7) is 4.36. The second-order valence-electron chi connectivity index (χ2n) is 9.64. The van der Waals surface area contributed by atoms with Crippen LogP contribution in [-0.4, -0.2) is 44.6 Å². The number of nitrogens with zero attached hydrogens (tertiary/aromatic N) is 3. The minimum Gasteiger partial charge on any atom is -0.410 e. The normalized spacial score (nSPS) is 15.3. The van der Waals surface area contributed by atoms with Crippen molar-refractivity contribution in [1.82, 2.24) is 5.32 Å². The Morgan fingerprint density at radius 1 is 0.947 bits per heavy atom. The summed E-state index contributed by atoms with van der Waals surface area (Å²) in [4.78, 5) is 45.2. The molecule has 0 bridgehead atoms. The van der Waals surface area contributed by atoms with E-state index in [1.165, 1.54) is 23.1 Å². The van der Waals surface area contributed by atoms with Gasteiger partial charge in [0, 0.05) is 32.4 Å². The molecule has 38 heavy (non-hydrogen) atoms. The fourth-order valence-corrected chi connectivity index (χ4v) is 4.21. The summed E-state index contributed by atoms with van der Waals surface area (Å²) in [5.41, 5.74) is 1.57. The number of halogens is 1. The SMILES string of the molecule is CC(C)CCN1C(=O)C(NC(=O)Oc2cccc(N(C)C)c2)C(=O)N(c2ccccc2F)c2ccccc21. The first kappa shape index (κ1) is 26.7. The standard InChI is InChI=1S/C29H31FN4O4/c1-19(2)16-17-33-24-14-7-8-15-25(24)34(23-13-6-5-12-22(23)30)28(36)26(27(33)35)31-29(37)38-21-11-9-10-20(18-21)32(3)4/h5-15,18-19,26H,16-17H2,1-4H3,(H,31,37). The lowest BCUT2D eigenvalue weighted by molar-refractivity contribution is -0.128. The van der Waals surface area contributed by atoms with Gasteiger partial charge in [-0.05, 0) is 48.7 Å². The molecule has 1 unspecified atom stereocenters. The van der Waals surface area contributed by atoms with Crippen molar-refractivity contribution in [2.24, 2.45) is 5.92 Å². The highest BCUT2D eigenvalue weighted by Gasteiger charge is 2.42. The molecule has 1 aliphatic heterocycles. The molecule has 3 aromatic rings. The minimum absolute atomic E-state index is 0.0256. The van der Waals surface area contributed by atoms with Crippen molar-refractivity contribution < 1.29 is 23.5 Å². The van der Waals surface area contributed by atoms with Crippen molar-refractivity contribution in [1.29, 1.82) is 0 Å². The number of nitrogens with one attached hydrogen (secondary N) is 1. The maximum absolute atomic E-state index is 15.0. The number of fused-ring (bicyclic) bond motifs is 1. The number of hydrogen-bond donors (Lipinski definition) is 1. The molecule has 8 nitrogen and oxygen atoms in total. The quantitative estimate of drug-likeness (QED) is 0.440. The third-order valence-corrected chi connectivity index (χ3v) is 6.22. The molecule has 3 aromatic carbocycles. The summed E-state index contributed by atoms with van der Waals surface area (Å²) in [7, 11) is 3.70. The molecular weight excluding hydrogens is 487 g/mol. The summed E-state index contributed by atoms with van der Waals surface area (Å²) in [5, 5.41) is 2.45. The maximum Gasteiger partial charge on any atom is 0.413 e. The number of rotatable bonds is 7. The molecule has 1 heterocycles. The Hall–Kier alpha value is -4.40. The van der Waals surface area contributed by atoms with Crippen LogP contribution < -0.4 is 24.8 Å². The molecule has 0 fully saturated rings. The first-order valence-electron chi connectivity index (χ1n) is 12.4. The van der Waals surface area contributed by atoms with Crippen LogP contribution in [0.25, 0.3) is 0 Å². The Kier molecular flexibility index (Phi) is 7.95. The summed E-state index contributed by atoms with van der Waals surface area (Å²) in [6.07, 6.45) is -0.321. The average Bonchev–Trinajstić information content (AvgIpc) is 2.96. The van der Waals surface area contributed by atoms with E-state index in [-0.39, 0.29) is 17.4 Å². The molecule has 1 aliphatic rings. The predicted octanol–water partition coefficient (Wildman–Crippen LogP) is 5.11. The third kappa shape index (κ3) is 5.61. The van der Waals surface area contributed by atoms with Crippen LogP contribution in [0, 0.1) is 11.7 Å². The van der Waals surface area contributed by atoms with Gasteiger partial charge in [-0.1, -0.05) is 44.2 Å². The van der Waals surface area contributed by atoms with E-state index in [1.54, 1.807) is 48.5 Å². The Bertz CT molecular complexity index is 1340. The molecular formula is C29H31FN4O4. The van der Waals surface area contributed by atoms with Gasteiger partial charge in [-0.15, -0.1) is 0 Å². The van der Waals surface area contributed by atoms with Crippen LogP contribution in [0.2, 0.25) is 0 Å². The molecule has 198 valence electrons.